The smallest absolute Gasteiger partial charge is 0.246 e. The van der Waals surface area contributed by atoms with Crippen molar-refractivity contribution in [2.24, 2.45) is 0 Å². The van der Waals surface area contributed by atoms with E-state index in [4.69, 9.17) is 0 Å². The molecule has 0 heterocycles. The molecule has 0 aliphatic heterocycles. The van der Waals surface area contributed by atoms with Gasteiger partial charge in [-0.3, -0.25) is 0 Å². The van der Waals surface area contributed by atoms with E-state index in [9.17, 15) is 0 Å². The second-order valence-electron chi connectivity index (χ2n) is 1.20. The van der Waals surface area contributed by atoms with Gasteiger partial charge in [-0.1, -0.05) is 13.3 Å². The SMILES string of the molecule is CCCCO[Si]. The van der Waals surface area contributed by atoms with Gasteiger partial charge in [0, 0.05) is 6.61 Å². The number of unbranched alkanes of at least 4 members (excludes halogenated alkanes) is 1. The summed E-state index contributed by atoms with van der Waals surface area (Å²) >= 11 is 0. The first-order valence-corrected chi connectivity index (χ1v) is 2.61. The monoisotopic (exact) mass is 101 g/mol. The highest BCUT2D eigenvalue weighted by molar-refractivity contribution is 5.97. The van der Waals surface area contributed by atoms with Gasteiger partial charge in [0.05, 0.1) is 0 Å². The Morgan fingerprint density at radius 1 is 1.67 bits per heavy atom. The Morgan fingerprint density at radius 2 is 2.33 bits per heavy atom. The van der Waals surface area contributed by atoms with Crippen LogP contribution in [-0.4, -0.2) is 17.1 Å². The molecule has 0 atom stereocenters. The van der Waals surface area contributed by atoms with Gasteiger partial charge in [0.1, 0.15) is 0 Å². The summed E-state index contributed by atoms with van der Waals surface area (Å²) in [4.78, 5) is 0. The van der Waals surface area contributed by atoms with Crippen LogP contribution in [0, 0.1) is 0 Å². The summed E-state index contributed by atoms with van der Waals surface area (Å²) in [6.45, 7) is 2.96. The van der Waals surface area contributed by atoms with Crippen LogP contribution in [0.4, 0.5) is 0 Å². The van der Waals surface area contributed by atoms with Crippen molar-refractivity contribution in [1.29, 1.82) is 0 Å². The molecule has 0 N–H and O–H groups in total. The second-order valence-corrected chi connectivity index (χ2v) is 1.49. The van der Waals surface area contributed by atoms with Gasteiger partial charge in [-0.05, 0) is 6.42 Å². The molecule has 0 aromatic rings. The molecule has 0 aliphatic rings. The Hall–Kier alpha value is 0.177. The molecule has 0 fully saturated rings. The lowest BCUT2D eigenvalue weighted by molar-refractivity contribution is 0.339. The zero-order valence-electron chi connectivity index (χ0n) is 4.03. The number of hydrogen-bond acceptors (Lipinski definition) is 1. The highest BCUT2D eigenvalue weighted by Crippen LogP contribution is 1.82. The molecule has 0 aromatic carbocycles. The molecule has 0 aromatic heterocycles. The highest BCUT2D eigenvalue weighted by Gasteiger charge is 1.74. The fourth-order valence-electron chi connectivity index (χ4n) is 0.217. The molecule has 0 rings (SSSR count). The standard InChI is InChI=1S/C4H9OSi/c1-2-3-4-5-6/h2-4H2,1H3. The Kier molecular flexibility index (Phi) is 5.33. The van der Waals surface area contributed by atoms with E-state index in [1.165, 1.54) is 6.42 Å². The average Bonchev–Trinajstić information content (AvgIpc) is 1.61. The van der Waals surface area contributed by atoms with Crippen LogP contribution in [0.1, 0.15) is 19.8 Å². The van der Waals surface area contributed by atoms with Gasteiger partial charge in [0.15, 0.2) is 0 Å². The first kappa shape index (κ1) is 6.18. The van der Waals surface area contributed by atoms with Crippen LogP contribution in [0.2, 0.25) is 0 Å². The zero-order chi connectivity index (χ0) is 4.83. The van der Waals surface area contributed by atoms with Crippen LogP contribution in [0.15, 0.2) is 0 Å². The summed E-state index contributed by atoms with van der Waals surface area (Å²) in [5.41, 5.74) is 0. The molecule has 0 bridgehead atoms. The fraction of sp³-hybridized carbons (Fsp3) is 1.00. The molecule has 3 radical (unpaired) electrons. The van der Waals surface area contributed by atoms with E-state index in [1.807, 2.05) is 0 Å². The van der Waals surface area contributed by atoms with Gasteiger partial charge in [0.25, 0.3) is 0 Å². The van der Waals surface area contributed by atoms with E-state index in [0.29, 0.717) is 0 Å². The Bertz CT molecular complexity index is 19.5. The lowest BCUT2D eigenvalue weighted by atomic mass is 10.4. The third kappa shape index (κ3) is 4.18. The van der Waals surface area contributed by atoms with Gasteiger partial charge < -0.3 is 4.43 Å². The van der Waals surface area contributed by atoms with Crippen molar-refractivity contribution < 1.29 is 4.43 Å². The van der Waals surface area contributed by atoms with E-state index in [0.717, 1.165) is 13.0 Å². The summed E-state index contributed by atoms with van der Waals surface area (Å²) in [5, 5.41) is 0. The molecular formula is C4H9OSi. The normalized spacial score (nSPS) is 9.00. The summed E-state index contributed by atoms with van der Waals surface area (Å²) in [6.07, 6.45) is 2.34. The summed E-state index contributed by atoms with van der Waals surface area (Å²) in [5.74, 6) is 0. The predicted molar refractivity (Wildman–Crippen MR) is 26.6 cm³/mol. The van der Waals surface area contributed by atoms with E-state index >= 15 is 0 Å². The van der Waals surface area contributed by atoms with Gasteiger partial charge in [-0.25, -0.2) is 0 Å². The van der Waals surface area contributed by atoms with Crippen molar-refractivity contribution in [3.8, 4) is 0 Å². The van der Waals surface area contributed by atoms with E-state index in [-0.39, 0.29) is 0 Å². The van der Waals surface area contributed by atoms with Gasteiger partial charge in [-0.2, -0.15) is 0 Å². The van der Waals surface area contributed by atoms with Crippen molar-refractivity contribution >= 4 is 10.5 Å². The Balaban J connectivity index is 2.34. The quantitative estimate of drug-likeness (QED) is 0.379. The Morgan fingerprint density at radius 3 is 2.50 bits per heavy atom. The van der Waals surface area contributed by atoms with E-state index < -0.39 is 0 Å². The van der Waals surface area contributed by atoms with Crippen LogP contribution in [0.25, 0.3) is 0 Å². The maximum atomic E-state index is 4.59. The maximum Gasteiger partial charge on any atom is 0.246 e. The molecule has 0 aliphatic carbocycles. The lowest BCUT2D eigenvalue weighted by Gasteiger charge is -1.89. The summed E-state index contributed by atoms with van der Waals surface area (Å²) in [6, 6.07) is 0. The van der Waals surface area contributed by atoms with Crippen LogP contribution in [0.3, 0.4) is 0 Å². The minimum atomic E-state index is 0.827. The maximum absolute atomic E-state index is 4.59. The largest absolute Gasteiger partial charge is 0.419 e. The van der Waals surface area contributed by atoms with Crippen LogP contribution >= 0.6 is 0 Å². The second kappa shape index (κ2) is 5.18. The molecule has 35 valence electrons. The third-order valence-corrected chi connectivity index (χ3v) is 0.804. The van der Waals surface area contributed by atoms with E-state index in [1.54, 1.807) is 0 Å². The topological polar surface area (TPSA) is 9.23 Å². The number of hydrogen-bond donors (Lipinski definition) is 0. The van der Waals surface area contributed by atoms with E-state index in [2.05, 4.69) is 21.8 Å². The first-order valence-electron chi connectivity index (χ1n) is 2.20. The Labute approximate surface area is 42.2 Å². The molecule has 0 unspecified atom stereocenters. The van der Waals surface area contributed by atoms with Crippen molar-refractivity contribution in [3.05, 3.63) is 0 Å². The highest BCUT2D eigenvalue weighted by atomic mass is 28.2. The molecule has 6 heavy (non-hydrogen) atoms. The van der Waals surface area contributed by atoms with Crippen LogP contribution < -0.4 is 0 Å². The molecule has 1 nitrogen and oxygen atoms in total. The molecule has 0 saturated carbocycles. The molecule has 0 amide bonds. The molecule has 0 spiro atoms. The van der Waals surface area contributed by atoms with Gasteiger partial charge >= 0.3 is 0 Å². The fourth-order valence-corrected chi connectivity index (χ4v) is 0.361. The summed E-state index contributed by atoms with van der Waals surface area (Å²) in [7, 11) is 2.89. The van der Waals surface area contributed by atoms with Crippen molar-refractivity contribution in [3.63, 3.8) is 0 Å². The molecule has 0 saturated heterocycles. The zero-order valence-corrected chi connectivity index (χ0v) is 5.03. The minimum Gasteiger partial charge on any atom is -0.419 e. The van der Waals surface area contributed by atoms with Crippen molar-refractivity contribution in [2.75, 3.05) is 6.61 Å². The van der Waals surface area contributed by atoms with Gasteiger partial charge in [-0.15, -0.1) is 0 Å². The number of rotatable bonds is 3. The van der Waals surface area contributed by atoms with Crippen LogP contribution in [0.5, 0.6) is 0 Å². The van der Waals surface area contributed by atoms with Gasteiger partial charge in [0.2, 0.25) is 10.5 Å². The van der Waals surface area contributed by atoms with Crippen molar-refractivity contribution in [1.82, 2.24) is 0 Å². The average molecular weight is 101 g/mol. The molecule has 2 heteroatoms. The first-order chi connectivity index (χ1) is 2.91. The summed E-state index contributed by atoms with van der Waals surface area (Å²) < 4.78 is 4.59. The lowest BCUT2D eigenvalue weighted by Crippen LogP contribution is -1.85. The predicted octanol–water partition coefficient (Wildman–Crippen LogP) is 0.887. The van der Waals surface area contributed by atoms with Crippen molar-refractivity contribution in [2.45, 2.75) is 19.8 Å². The molecular weight excluding hydrogens is 92.1 g/mol. The minimum absolute atomic E-state index is 0.827. The third-order valence-electron chi connectivity index (χ3n) is 0.600. The van der Waals surface area contributed by atoms with Crippen LogP contribution in [-0.2, 0) is 4.43 Å².